The summed E-state index contributed by atoms with van der Waals surface area (Å²) >= 11 is 3.61. The molecule has 0 saturated heterocycles. The largest absolute Gasteiger partial charge is 0.497 e. The minimum absolute atomic E-state index is 0.319. The molecule has 0 aromatic heterocycles. The molecule has 20 heavy (non-hydrogen) atoms. The number of methoxy groups -OCH3 is 1. The first-order valence-electron chi connectivity index (χ1n) is 6.73. The molecular weight excluding hydrogens is 314 g/mol. The van der Waals surface area contributed by atoms with Crippen molar-refractivity contribution in [2.75, 3.05) is 13.7 Å². The SMILES string of the molecule is COc1ccc(Br)c(CC(CN)c2ccc(C)cc2)c1. The molecule has 0 heterocycles. The number of hydrogen-bond donors (Lipinski definition) is 1. The van der Waals surface area contributed by atoms with Gasteiger partial charge in [0.15, 0.2) is 0 Å². The molecule has 3 heteroatoms. The quantitative estimate of drug-likeness (QED) is 0.895. The van der Waals surface area contributed by atoms with E-state index in [0.29, 0.717) is 12.5 Å². The predicted octanol–water partition coefficient (Wildman–Crippen LogP) is 4.05. The van der Waals surface area contributed by atoms with E-state index in [-0.39, 0.29) is 0 Å². The lowest BCUT2D eigenvalue weighted by Gasteiger charge is -2.17. The van der Waals surface area contributed by atoms with Gasteiger partial charge in [-0.05, 0) is 49.2 Å². The van der Waals surface area contributed by atoms with Crippen molar-refractivity contribution in [1.29, 1.82) is 0 Å². The van der Waals surface area contributed by atoms with Gasteiger partial charge in [-0.3, -0.25) is 0 Å². The number of nitrogens with two attached hydrogens (primary N) is 1. The summed E-state index contributed by atoms with van der Waals surface area (Å²) in [7, 11) is 1.69. The second-order valence-corrected chi connectivity index (χ2v) is 5.86. The van der Waals surface area contributed by atoms with Gasteiger partial charge >= 0.3 is 0 Å². The first-order chi connectivity index (χ1) is 9.63. The minimum Gasteiger partial charge on any atom is -0.497 e. The van der Waals surface area contributed by atoms with Gasteiger partial charge in [-0.15, -0.1) is 0 Å². The fourth-order valence-corrected chi connectivity index (χ4v) is 2.68. The van der Waals surface area contributed by atoms with Crippen LogP contribution in [0.15, 0.2) is 46.9 Å². The zero-order valence-electron chi connectivity index (χ0n) is 11.9. The molecule has 2 N–H and O–H groups in total. The van der Waals surface area contributed by atoms with Crippen LogP contribution in [0.3, 0.4) is 0 Å². The number of ether oxygens (including phenoxy) is 1. The molecule has 0 fully saturated rings. The van der Waals surface area contributed by atoms with Crippen LogP contribution in [-0.4, -0.2) is 13.7 Å². The molecule has 0 bridgehead atoms. The van der Waals surface area contributed by atoms with Crippen molar-refractivity contribution in [2.24, 2.45) is 5.73 Å². The maximum absolute atomic E-state index is 5.96. The van der Waals surface area contributed by atoms with Gasteiger partial charge in [0, 0.05) is 10.4 Å². The fourth-order valence-electron chi connectivity index (χ4n) is 2.28. The molecule has 0 amide bonds. The number of rotatable bonds is 5. The third-order valence-electron chi connectivity index (χ3n) is 3.55. The van der Waals surface area contributed by atoms with E-state index >= 15 is 0 Å². The standard InChI is InChI=1S/C17H20BrNO/c1-12-3-5-13(6-4-12)15(11-19)9-14-10-16(20-2)7-8-17(14)18/h3-8,10,15H,9,11,19H2,1-2H3. The monoisotopic (exact) mass is 333 g/mol. The van der Waals surface area contributed by atoms with Crippen molar-refractivity contribution < 1.29 is 4.74 Å². The Morgan fingerprint density at radius 1 is 1.15 bits per heavy atom. The zero-order valence-corrected chi connectivity index (χ0v) is 13.5. The van der Waals surface area contributed by atoms with E-state index < -0.39 is 0 Å². The van der Waals surface area contributed by atoms with E-state index in [2.05, 4.69) is 53.2 Å². The number of hydrogen-bond acceptors (Lipinski definition) is 2. The lowest BCUT2D eigenvalue weighted by molar-refractivity contribution is 0.414. The number of halogens is 1. The Morgan fingerprint density at radius 2 is 1.85 bits per heavy atom. The third kappa shape index (κ3) is 3.62. The van der Waals surface area contributed by atoms with Gasteiger partial charge < -0.3 is 10.5 Å². The van der Waals surface area contributed by atoms with Crippen LogP contribution in [0.25, 0.3) is 0 Å². The Hall–Kier alpha value is -1.32. The summed E-state index contributed by atoms with van der Waals surface area (Å²) in [5.74, 6) is 1.20. The van der Waals surface area contributed by atoms with E-state index in [1.807, 2.05) is 12.1 Å². The molecule has 1 unspecified atom stereocenters. The van der Waals surface area contributed by atoms with Crippen LogP contribution in [0.4, 0.5) is 0 Å². The molecule has 106 valence electrons. The Labute approximate surface area is 129 Å². The van der Waals surface area contributed by atoms with Gasteiger partial charge in [0.1, 0.15) is 5.75 Å². The molecule has 2 aromatic carbocycles. The fraction of sp³-hybridized carbons (Fsp3) is 0.294. The van der Waals surface area contributed by atoms with E-state index in [9.17, 15) is 0 Å². The molecular formula is C17H20BrNO. The van der Waals surface area contributed by atoms with Crippen molar-refractivity contribution in [2.45, 2.75) is 19.3 Å². The van der Waals surface area contributed by atoms with Gasteiger partial charge in [-0.2, -0.15) is 0 Å². The van der Waals surface area contributed by atoms with Crippen LogP contribution < -0.4 is 10.5 Å². The summed E-state index contributed by atoms with van der Waals surface area (Å²) in [4.78, 5) is 0. The van der Waals surface area contributed by atoms with Crippen LogP contribution in [0.1, 0.15) is 22.6 Å². The second kappa shape index (κ2) is 6.91. The summed E-state index contributed by atoms with van der Waals surface area (Å²) in [6.07, 6.45) is 0.900. The molecule has 2 nitrogen and oxygen atoms in total. The molecule has 0 aliphatic heterocycles. The van der Waals surface area contributed by atoms with Crippen molar-refractivity contribution >= 4 is 15.9 Å². The van der Waals surface area contributed by atoms with Crippen molar-refractivity contribution in [3.05, 3.63) is 63.6 Å². The lowest BCUT2D eigenvalue weighted by Crippen LogP contribution is -2.15. The van der Waals surface area contributed by atoms with Gasteiger partial charge in [-0.1, -0.05) is 45.8 Å². The third-order valence-corrected chi connectivity index (χ3v) is 4.33. The molecule has 2 rings (SSSR count). The molecule has 1 atom stereocenters. The van der Waals surface area contributed by atoms with Crippen LogP contribution in [-0.2, 0) is 6.42 Å². The lowest BCUT2D eigenvalue weighted by atomic mass is 9.91. The molecule has 0 aliphatic rings. The minimum atomic E-state index is 0.319. The highest BCUT2D eigenvalue weighted by Gasteiger charge is 2.13. The maximum atomic E-state index is 5.96. The smallest absolute Gasteiger partial charge is 0.119 e. The molecule has 2 aromatic rings. The summed E-state index contributed by atoms with van der Waals surface area (Å²) in [5.41, 5.74) is 9.74. The topological polar surface area (TPSA) is 35.2 Å². The van der Waals surface area contributed by atoms with Gasteiger partial charge in [0.05, 0.1) is 7.11 Å². The summed E-state index contributed by atoms with van der Waals surface area (Å²) < 4.78 is 6.40. The van der Waals surface area contributed by atoms with Crippen molar-refractivity contribution in [3.8, 4) is 5.75 Å². The average Bonchev–Trinajstić information content (AvgIpc) is 2.47. The first-order valence-corrected chi connectivity index (χ1v) is 7.52. The van der Waals surface area contributed by atoms with Crippen LogP contribution in [0, 0.1) is 6.92 Å². The summed E-state index contributed by atoms with van der Waals surface area (Å²) in [5, 5.41) is 0. The molecule has 0 spiro atoms. The molecule has 0 aliphatic carbocycles. The van der Waals surface area contributed by atoms with Crippen LogP contribution >= 0.6 is 15.9 Å². The van der Waals surface area contributed by atoms with E-state index in [1.165, 1.54) is 16.7 Å². The molecule has 0 saturated carbocycles. The highest BCUT2D eigenvalue weighted by atomic mass is 79.9. The van der Waals surface area contributed by atoms with Gasteiger partial charge in [0.2, 0.25) is 0 Å². The number of aryl methyl sites for hydroxylation is 1. The summed E-state index contributed by atoms with van der Waals surface area (Å²) in [6, 6.07) is 14.7. The number of benzene rings is 2. The van der Waals surface area contributed by atoms with Crippen molar-refractivity contribution in [1.82, 2.24) is 0 Å². The summed E-state index contributed by atoms with van der Waals surface area (Å²) in [6.45, 7) is 2.73. The van der Waals surface area contributed by atoms with Gasteiger partial charge in [-0.25, -0.2) is 0 Å². The van der Waals surface area contributed by atoms with Gasteiger partial charge in [0.25, 0.3) is 0 Å². The average molecular weight is 334 g/mol. The highest BCUT2D eigenvalue weighted by Crippen LogP contribution is 2.28. The second-order valence-electron chi connectivity index (χ2n) is 5.00. The van der Waals surface area contributed by atoms with Crippen LogP contribution in [0.5, 0.6) is 5.75 Å². The van der Waals surface area contributed by atoms with E-state index in [1.54, 1.807) is 7.11 Å². The molecule has 0 radical (unpaired) electrons. The van der Waals surface area contributed by atoms with E-state index in [4.69, 9.17) is 10.5 Å². The zero-order chi connectivity index (χ0) is 14.5. The predicted molar refractivity (Wildman–Crippen MR) is 87.4 cm³/mol. The Balaban J connectivity index is 2.23. The van der Waals surface area contributed by atoms with Crippen LogP contribution in [0.2, 0.25) is 0 Å². The first kappa shape index (κ1) is 15.1. The Morgan fingerprint density at radius 3 is 2.45 bits per heavy atom. The van der Waals surface area contributed by atoms with Crippen molar-refractivity contribution in [3.63, 3.8) is 0 Å². The Bertz CT molecular complexity index is 566. The highest BCUT2D eigenvalue weighted by molar-refractivity contribution is 9.10. The van der Waals surface area contributed by atoms with E-state index in [0.717, 1.165) is 16.6 Å². The normalized spacial score (nSPS) is 12.2. The maximum Gasteiger partial charge on any atom is 0.119 e. The Kier molecular flexibility index (Phi) is 5.21.